The molecule has 4 heteroatoms. The zero-order chi connectivity index (χ0) is 12.3. The number of carbonyl (C=O) groups is 1. The van der Waals surface area contributed by atoms with Crippen LogP contribution in [-0.4, -0.2) is 35.6 Å². The summed E-state index contributed by atoms with van der Waals surface area (Å²) in [5.74, 6) is 0.250. The molecular weight excluding hydrogens is 238 g/mol. The zero-order valence-corrected chi connectivity index (χ0v) is 10.4. The molecule has 3 nitrogen and oxygen atoms in total. The van der Waals surface area contributed by atoms with Crippen molar-refractivity contribution in [2.45, 2.75) is 12.8 Å². The lowest BCUT2D eigenvalue weighted by Crippen LogP contribution is -2.40. The first kappa shape index (κ1) is 12.4. The number of piperidine rings is 1. The van der Waals surface area contributed by atoms with Gasteiger partial charge >= 0.3 is 0 Å². The van der Waals surface area contributed by atoms with Gasteiger partial charge in [-0.15, -0.1) is 0 Å². The van der Waals surface area contributed by atoms with Crippen LogP contribution >= 0.6 is 11.6 Å². The van der Waals surface area contributed by atoms with Gasteiger partial charge in [-0.05, 0) is 43.0 Å². The van der Waals surface area contributed by atoms with Crippen LogP contribution < -0.4 is 0 Å². The topological polar surface area (TPSA) is 40.5 Å². The summed E-state index contributed by atoms with van der Waals surface area (Å²) >= 11 is 5.79. The molecule has 0 radical (unpaired) electrons. The Balaban J connectivity index is 2.06. The summed E-state index contributed by atoms with van der Waals surface area (Å²) in [6, 6.07) is 6.94. The smallest absolute Gasteiger partial charge is 0.253 e. The van der Waals surface area contributed by atoms with E-state index in [0.29, 0.717) is 17.1 Å². The number of aliphatic hydroxyl groups is 1. The van der Waals surface area contributed by atoms with Crippen LogP contribution in [-0.2, 0) is 0 Å². The molecule has 92 valence electrons. The fourth-order valence-corrected chi connectivity index (χ4v) is 2.30. The third kappa shape index (κ3) is 2.99. The molecular formula is C13H16ClNO2. The average Bonchev–Trinajstić information content (AvgIpc) is 2.39. The molecule has 1 saturated heterocycles. The Morgan fingerprint density at radius 1 is 1.41 bits per heavy atom. The summed E-state index contributed by atoms with van der Waals surface area (Å²) in [5, 5.41) is 9.77. The summed E-state index contributed by atoms with van der Waals surface area (Å²) in [5.41, 5.74) is 0.660. The van der Waals surface area contributed by atoms with Gasteiger partial charge < -0.3 is 10.0 Å². The first-order valence-corrected chi connectivity index (χ1v) is 6.24. The van der Waals surface area contributed by atoms with Crippen molar-refractivity contribution < 1.29 is 9.90 Å². The Hall–Kier alpha value is -1.06. The van der Waals surface area contributed by atoms with E-state index in [4.69, 9.17) is 16.7 Å². The van der Waals surface area contributed by atoms with Crippen LogP contribution in [0.15, 0.2) is 24.3 Å². The Morgan fingerprint density at radius 2 is 2.12 bits per heavy atom. The normalized spacial score (nSPS) is 20.4. The van der Waals surface area contributed by atoms with Gasteiger partial charge in [0, 0.05) is 30.3 Å². The number of hydrogen-bond donors (Lipinski definition) is 1. The van der Waals surface area contributed by atoms with E-state index < -0.39 is 0 Å². The number of likely N-dealkylation sites (tertiary alicyclic amines) is 1. The van der Waals surface area contributed by atoms with E-state index in [0.717, 1.165) is 19.4 Å². The minimum atomic E-state index is 0.0276. The minimum Gasteiger partial charge on any atom is -0.396 e. The number of nitrogens with zero attached hydrogens (tertiary/aromatic N) is 1. The molecule has 1 aromatic carbocycles. The second-order valence-electron chi connectivity index (χ2n) is 4.45. The predicted molar refractivity (Wildman–Crippen MR) is 67.2 cm³/mol. The number of rotatable bonds is 2. The molecule has 0 aromatic heterocycles. The van der Waals surface area contributed by atoms with Gasteiger partial charge in [-0.25, -0.2) is 0 Å². The molecule has 1 unspecified atom stereocenters. The molecule has 0 bridgehead atoms. The molecule has 1 amide bonds. The Kier molecular flexibility index (Phi) is 4.02. The third-order valence-electron chi connectivity index (χ3n) is 3.16. The van der Waals surface area contributed by atoms with Crippen molar-refractivity contribution in [1.82, 2.24) is 4.90 Å². The highest BCUT2D eigenvalue weighted by Gasteiger charge is 2.23. The average molecular weight is 254 g/mol. The molecule has 0 saturated carbocycles. The molecule has 1 N–H and O–H groups in total. The van der Waals surface area contributed by atoms with Crippen LogP contribution in [0.5, 0.6) is 0 Å². The fraction of sp³-hybridized carbons (Fsp3) is 0.462. The zero-order valence-electron chi connectivity index (χ0n) is 9.60. The van der Waals surface area contributed by atoms with E-state index in [9.17, 15) is 4.79 Å². The van der Waals surface area contributed by atoms with Crippen LogP contribution in [0.25, 0.3) is 0 Å². The van der Waals surface area contributed by atoms with Crippen molar-refractivity contribution in [3.63, 3.8) is 0 Å². The number of amides is 1. The number of halogens is 1. The van der Waals surface area contributed by atoms with E-state index in [-0.39, 0.29) is 18.4 Å². The van der Waals surface area contributed by atoms with Crippen LogP contribution in [0.3, 0.4) is 0 Å². The second kappa shape index (κ2) is 5.52. The van der Waals surface area contributed by atoms with Gasteiger partial charge in [0.05, 0.1) is 0 Å². The van der Waals surface area contributed by atoms with Gasteiger partial charge in [0.1, 0.15) is 0 Å². The SMILES string of the molecule is O=C(c1ccc(Cl)cc1)N1CCCC(CO)C1. The maximum absolute atomic E-state index is 12.2. The summed E-state index contributed by atoms with van der Waals surface area (Å²) in [4.78, 5) is 14.0. The quantitative estimate of drug-likeness (QED) is 0.878. The number of benzene rings is 1. The standard InChI is InChI=1S/C13H16ClNO2/c14-12-5-3-11(4-6-12)13(17)15-7-1-2-10(8-15)9-16/h3-6,10,16H,1-2,7-9H2. The maximum Gasteiger partial charge on any atom is 0.253 e. The molecule has 1 aliphatic heterocycles. The third-order valence-corrected chi connectivity index (χ3v) is 3.41. The number of carbonyl (C=O) groups excluding carboxylic acids is 1. The minimum absolute atomic E-state index is 0.0276. The fourth-order valence-electron chi connectivity index (χ4n) is 2.17. The molecule has 1 aromatic rings. The van der Waals surface area contributed by atoms with Crippen LogP contribution in [0.4, 0.5) is 0 Å². The highest BCUT2D eigenvalue weighted by atomic mass is 35.5. The van der Waals surface area contributed by atoms with Crippen molar-refractivity contribution in [2.24, 2.45) is 5.92 Å². The van der Waals surface area contributed by atoms with Crippen molar-refractivity contribution in [3.8, 4) is 0 Å². The molecule has 0 spiro atoms. The highest BCUT2D eigenvalue weighted by Crippen LogP contribution is 2.19. The van der Waals surface area contributed by atoms with E-state index in [1.54, 1.807) is 24.3 Å². The van der Waals surface area contributed by atoms with Crippen molar-refractivity contribution in [3.05, 3.63) is 34.9 Å². The van der Waals surface area contributed by atoms with Gasteiger partial charge in [0.25, 0.3) is 5.91 Å². The monoisotopic (exact) mass is 253 g/mol. The lowest BCUT2D eigenvalue weighted by Gasteiger charge is -2.31. The predicted octanol–water partition coefficient (Wildman–Crippen LogP) is 2.18. The summed E-state index contributed by atoms with van der Waals surface area (Å²) in [7, 11) is 0. The molecule has 17 heavy (non-hydrogen) atoms. The summed E-state index contributed by atoms with van der Waals surface area (Å²) in [6.07, 6.45) is 1.96. The Bertz CT molecular complexity index is 391. The van der Waals surface area contributed by atoms with Crippen molar-refractivity contribution in [1.29, 1.82) is 0 Å². The van der Waals surface area contributed by atoms with Crippen LogP contribution in [0, 0.1) is 5.92 Å². The summed E-state index contributed by atoms with van der Waals surface area (Å²) in [6.45, 7) is 1.58. The molecule has 1 atom stereocenters. The lowest BCUT2D eigenvalue weighted by atomic mass is 9.98. The van der Waals surface area contributed by atoms with Crippen LogP contribution in [0.2, 0.25) is 5.02 Å². The first-order valence-electron chi connectivity index (χ1n) is 5.86. The van der Waals surface area contributed by atoms with Gasteiger partial charge in [0.15, 0.2) is 0 Å². The molecule has 1 heterocycles. The van der Waals surface area contributed by atoms with Gasteiger partial charge in [-0.1, -0.05) is 11.6 Å². The molecule has 0 aliphatic carbocycles. The van der Waals surface area contributed by atoms with Gasteiger partial charge in [0.2, 0.25) is 0 Å². The Labute approximate surface area is 106 Å². The van der Waals surface area contributed by atoms with Crippen molar-refractivity contribution >= 4 is 17.5 Å². The van der Waals surface area contributed by atoms with E-state index in [2.05, 4.69) is 0 Å². The highest BCUT2D eigenvalue weighted by molar-refractivity contribution is 6.30. The molecule has 1 aliphatic rings. The van der Waals surface area contributed by atoms with Gasteiger partial charge in [-0.3, -0.25) is 4.79 Å². The Morgan fingerprint density at radius 3 is 2.76 bits per heavy atom. The number of aliphatic hydroxyl groups excluding tert-OH is 1. The van der Waals surface area contributed by atoms with E-state index in [1.165, 1.54) is 0 Å². The first-order chi connectivity index (χ1) is 8.20. The summed E-state index contributed by atoms with van der Waals surface area (Å²) < 4.78 is 0. The largest absolute Gasteiger partial charge is 0.396 e. The number of hydrogen-bond acceptors (Lipinski definition) is 2. The van der Waals surface area contributed by atoms with Crippen LogP contribution in [0.1, 0.15) is 23.2 Å². The van der Waals surface area contributed by atoms with E-state index >= 15 is 0 Å². The molecule has 1 fully saturated rings. The molecule has 2 rings (SSSR count). The maximum atomic E-state index is 12.2. The van der Waals surface area contributed by atoms with Gasteiger partial charge in [-0.2, -0.15) is 0 Å². The second-order valence-corrected chi connectivity index (χ2v) is 4.89. The lowest BCUT2D eigenvalue weighted by molar-refractivity contribution is 0.0621. The van der Waals surface area contributed by atoms with E-state index in [1.807, 2.05) is 4.90 Å². The van der Waals surface area contributed by atoms with Crippen molar-refractivity contribution in [2.75, 3.05) is 19.7 Å².